The lowest BCUT2D eigenvalue weighted by molar-refractivity contribution is 0.160. The summed E-state index contributed by atoms with van der Waals surface area (Å²) in [7, 11) is 0. The smallest absolute Gasteiger partial charge is 0.0469 e. The van der Waals surface area contributed by atoms with Crippen LogP contribution in [0.4, 0.5) is 0 Å². The summed E-state index contributed by atoms with van der Waals surface area (Å²) in [6, 6.07) is 4.30. The van der Waals surface area contributed by atoms with E-state index < -0.39 is 0 Å². The van der Waals surface area contributed by atoms with Crippen molar-refractivity contribution in [2.75, 3.05) is 12.5 Å². The molecule has 0 aromatic heterocycles. The Bertz CT molecular complexity index is 315. The van der Waals surface area contributed by atoms with Crippen molar-refractivity contribution >= 4 is 23.5 Å². The molecule has 0 saturated heterocycles. The first-order valence-corrected chi connectivity index (χ1v) is 6.76. The number of nitrogens with one attached hydrogen (secondary N) is 1. The molecule has 1 rings (SSSR count). The van der Waals surface area contributed by atoms with Gasteiger partial charge in [0.1, 0.15) is 0 Å². The van der Waals surface area contributed by atoms with Crippen LogP contribution in [-0.2, 0) is 6.54 Å². The second-order valence-electron chi connectivity index (χ2n) is 2.97. The summed E-state index contributed by atoms with van der Waals surface area (Å²) in [5.74, 6) is 0. The van der Waals surface area contributed by atoms with Crippen molar-refractivity contribution in [1.82, 2.24) is 5.48 Å². The van der Waals surface area contributed by atoms with Gasteiger partial charge in [-0.1, -0.05) is 0 Å². The number of thioether (sulfide) groups is 2. The van der Waals surface area contributed by atoms with Crippen LogP contribution in [0.15, 0.2) is 21.9 Å². The van der Waals surface area contributed by atoms with Crippen molar-refractivity contribution in [2.45, 2.75) is 23.3 Å². The molecule has 2 N–H and O–H groups in total. The van der Waals surface area contributed by atoms with Crippen molar-refractivity contribution in [1.29, 1.82) is 0 Å². The summed E-state index contributed by atoms with van der Waals surface area (Å²) >= 11 is 3.44. The van der Waals surface area contributed by atoms with Crippen molar-refractivity contribution in [3.8, 4) is 0 Å². The molecule has 1 aromatic rings. The first-order chi connectivity index (χ1) is 6.72. The fourth-order valence-electron chi connectivity index (χ4n) is 1.34. The van der Waals surface area contributed by atoms with Crippen molar-refractivity contribution in [3.63, 3.8) is 0 Å². The Hall–Kier alpha value is -0.160. The van der Waals surface area contributed by atoms with E-state index in [1.807, 2.05) is 0 Å². The van der Waals surface area contributed by atoms with Crippen LogP contribution in [0.2, 0.25) is 0 Å². The van der Waals surface area contributed by atoms with Crippen LogP contribution < -0.4 is 5.48 Å². The van der Waals surface area contributed by atoms with Gasteiger partial charge in [0.2, 0.25) is 0 Å². The lowest BCUT2D eigenvalue weighted by Gasteiger charge is -2.11. The average molecular weight is 229 g/mol. The number of rotatable bonds is 4. The Morgan fingerprint density at radius 2 is 1.86 bits per heavy atom. The number of hydrogen-bond donors (Lipinski definition) is 2. The van der Waals surface area contributed by atoms with Crippen LogP contribution >= 0.6 is 23.5 Å². The molecule has 2 nitrogen and oxygen atoms in total. The molecule has 0 radical (unpaired) electrons. The highest BCUT2D eigenvalue weighted by Gasteiger charge is 2.05. The van der Waals surface area contributed by atoms with Crippen LogP contribution in [-0.4, -0.2) is 17.7 Å². The summed E-state index contributed by atoms with van der Waals surface area (Å²) in [5.41, 5.74) is 4.65. The Balaban J connectivity index is 3.11. The minimum Gasteiger partial charge on any atom is -0.316 e. The van der Waals surface area contributed by atoms with Gasteiger partial charge >= 0.3 is 0 Å². The fraction of sp³-hybridized carbons (Fsp3) is 0.400. The van der Waals surface area contributed by atoms with Gasteiger partial charge in [0.15, 0.2) is 0 Å². The van der Waals surface area contributed by atoms with E-state index >= 15 is 0 Å². The van der Waals surface area contributed by atoms with Gasteiger partial charge < -0.3 is 5.21 Å². The van der Waals surface area contributed by atoms with E-state index in [-0.39, 0.29) is 0 Å². The maximum Gasteiger partial charge on any atom is 0.0469 e. The third kappa shape index (κ3) is 2.67. The Morgan fingerprint density at radius 3 is 2.36 bits per heavy atom. The Morgan fingerprint density at radius 1 is 1.21 bits per heavy atom. The topological polar surface area (TPSA) is 32.3 Å². The lowest BCUT2D eigenvalue weighted by atomic mass is 10.1. The monoisotopic (exact) mass is 229 g/mol. The second-order valence-corrected chi connectivity index (χ2v) is 4.66. The van der Waals surface area contributed by atoms with Gasteiger partial charge in [0.05, 0.1) is 0 Å². The zero-order valence-corrected chi connectivity index (χ0v) is 10.3. The Labute approximate surface area is 93.4 Å². The zero-order valence-electron chi connectivity index (χ0n) is 8.63. The van der Waals surface area contributed by atoms with Crippen LogP contribution in [0.3, 0.4) is 0 Å². The van der Waals surface area contributed by atoms with Gasteiger partial charge in [-0.3, -0.25) is 0 Å². The molecule has 0 aliphatic rings. The Kier molecular flexibility index (Phi) is 4.81. The lowest BCUT2D eigenvalue weighted by Crippen LogP contribution is -2.07. The third-order valence-electron chi connectivity index (χ3n) is 2.07. The molecule has 0 bridgehead atoms. The molecule has 0 amide bonds. The van der Waals surface area contributed by atoms with Gasteiger partial charge in [-0.25, -0.2) is 5.48 Å². The predicted octanol–water partition coefficient (Wildman–Crippen LogP) is 2.92. The number of hydrogen-bond acceptors (Lipinski definition) is 4. The molecular weight excluding hydrogens is 214 g/mol. The van der Waals surface area contributed by atoms with E-state index in [0.29, 0.717) is 6.54 Å². The largest absolute Gasteiger partial charge is 0.316 e. The summed E-state index contributed by atoms with van der Waals surface area (Å²) in [4.78, 5) is 2.50. The maximum atomic E-state index is 8.71. The molecule has 78 valence electrons. The summed E-state index contributed by atoms with van der Waals surface area (Å²) in [5, 5.41) is 8.71. The van der Waals surface area contributed by atoms with Crippen LogP contribution in [0, 0.1) is 6.92 Å². The molecule has 0 aliphatic carbocycles. The normalized spacial score (nSPS) is 10.6. The molecule has 0 heterocycles. The highest BCUT2D eigenvalue weighted by Crippen LogP contribution is 2.28. The molecule has 0 aliphatic heterocycles. The molecule has 0 spiro atoms. The van der Waals surface area contributed by atoms with Gasteiger partial charge in [0, 0.05) is 16.3 Å². The molecule has 0 fully saturated rings. The quantitative estimate of drug-likeness (QED) is 0.614. The SMILES string of the molecule is CSc1cc(CNO)c(SC)cc1C. The molecule has 4 heteroatoms. The molecule has 0 unspecified atom stereocenters. The van der Waals surface area contributed by atoms with Crippen LogP contribution in [0.25, 0.3) is 0 Å². The average Bonchev–Trinajstić information content (AvgIpc) is 2.20. The molecular formula is C10H15NOS2. The van der Waals surface area contributed by atoms with Crippen molar-refractivity contribution in [3.05, 3.63) is 23.3 Å². The number of hydroxylamine groups is 1. The second kappa shape index (κ2) is 5.66. The highest BCUT2D eigenvalue weighted by molar-refractivity contribution is 7.99. The van der Waals surface area contributed by atoms with E-state index in [9.17, 15) is 0 Å². The van der Waals surface area contributed by atoms with E-state index in [2.05, 4.69) is 37.0 Å². The molecule has 1 aromatic carbocycles. The zero-order chi connectivity index (χ0) is 10.6. The van der Waals surface area contributed by atoms with E-state index in [1.165, 1.54) is 15.4 Å². The fourth-order valence-corrected chi connectivity index (χ4v) is 2.67. The van der Waals surface area contributed by atoms with Crippen molar-refractivity contribution in [2.24, 2.45) is 0 Å². The summed E-state index contributed by atoms with van der Waals surface area (Å²) in [6.45, 7) is 2.62. The number of aryl methyl sites for hydroxylation is 1. The minimum absolute atomic E-state index is 0.504. The predicted molar refractivity (Wildman–Crippen MR) is 63.4 cm³/mol. The summed E-state index contributed by atoms with van der Waals surface area (Å²) < 4.78 is 0. The van der Waals surface area contributed by atoms with Crippen LogP contribution in [0.5, 0.6) is 0 Å². The highest BCUT2D eigenvalue weighted by atomic mass is 32.2. The molecule has 0 atom stereocenters. The standard InChI is InChI=1S/C10H15NOS2/c1-7-4-10(14-3)8(6-11-12)5-9(7)13-2/h4-5,11-12H,6H2,1-3H3. The molecule has 14 heavy (non-hydrogen) atoms. The molecule has 0 saturated carbocycles. The first kappa shape index (κ1) is 11.9. The van der Waals surface area contributed by atoms with Gasteiger partial charge in [-0.2, -0.15) is 0 Å². The van der Waals surface area contributed by atoms with E-state index in [4.69, 9.17) is 5.21 Å². The minimum atomic E-state index is 0.504. The first-order valence-electron chi connectivity index (χ1n) is 4.31. The third-order valence-corrected chi connectivity index (χ3v) is 3.77. The van der Waals surface area contributed by atoms with Gasteiger partial charge in [0.25, 0.3) is 0 Å². The van der Waals surface area contributed by atoms with Gasteiger partial charge in [-0.05, 0) is 42.7 Å². The van der Waals surface area contributed by atoms with Gasteiger partial charge in [-0.15, -0.1) is 23.5 Å². The van der Waals surface area contributed by atoms with Crippen LogP contribution in [0.1, 0.15) is 11.1 Å². The van der Waals surface area contributed by atoms with E-state index in [0.717, 1.165) is 5.56 Å². The summed E-state index contributed by atoms with van der Waals surface area (Å²) in [6.07, 6.45) is 4.12. The maximum absolute atomic E-state index is 8.71. The van der Waals surface area contributed by atoms with E-state index in [1.54, 1.807) is 23.5 Å². The van der Waals surface area contributed by atoms with Crippen molar-refractivity contribution < 1.29 is 5.21 Å². The number of benzene rings is 1.